The summed E-state index contributed by atoms with van der Waals surface area (Å²) in [6.45, 7) is 8.01. The maximum Gasteiger partial charge on any atom is 0.155 e. The largest absolute Gasteiger partial charge is 0.379 e. The van der Waals surface area contributed by atoms with Gasteiger partial charge in [0.2, 0.25) is 0 Å². The average molecular weight is 156 g/mol. The fourth-order valence-corrected chi connectivity index (χ4v) is 0.667. The number of ketones is 1. The lowest BCUT2D eigenvalue weighted by atomic mass is 10.2. The Hall–Kier alpha value is -0.630. The molecule has 0 aliphatic heterocycles. The quantitative estimate of drug-likeness (QED) is 0.434. The van der Waals surface area contributed by atoms with Crippen LogP contribution in [-0.4, -0.2) is 18.5 Å². The number of rotatable bonds is 6. The van der Waals surface area contributed by atoms with Gasteiger partial charge < -0.3 is 4.74 Å². The van der Waals surface area contributed by atoms with Gasteiger partial charge in [-0.05, 0) is 26.3 Å². The highest BCUT2D eigenvalue weighted by Gasteiger charge is 1.96. The van der Waals surface area contributed by atoms with Crippen molar-refractivity contribution in [3.8, 4) is 0 Å². The third-order valence-electron chi connectivity index (χ3n) is 1.25. The third-order valence-corrected chi connectivity index (χ3v) is 1.25. The first kappa shape index (κ1) is 10.4. The molecule has 0 aliphatic rings. The van der Waals surface area contributed by atoms with E-state index in [1.54, 1.807) is 0 Å². The number of carbonyl (C=O) groups is 1. The Morgan fingerprint density at radius 2 is 2.27 bits per heavy atom. The minimum absolute atomic E-state index is 0.0948. The van der Waals surface area contributed by atoms with Gasteiger partial charge in [0.25, 0.3) is 0 Å². The van der Waals surface area contributed by atoms with Crippen molar-refractivity contribution in [2.45, 2.75) is 32.8 Å². The minimum atomic E-state index is 0.0948. The molecule has 0 atom stereocenters. The van der Waals surface area contributed by atoms with Crippen LogP contribution >= 0.6 is 0 Å². The van der Waals surface area contributed by atoms with E-state index < -0.39 is 0 Å². The van der Waals surface area contributed by atoms with Crippen molar-refractivity contribution in [3.05, 3.63) is 12.7 Å². The van der Waals surface area contributed by atoms with Gasteiger partial charge in [-0.2, -0.15) is 0 Å². The Balaban J connectivity index is 3.14. The fraction of sp³-hybridized carbons (Fsp3) is 0.667. The zero-order chi connectivity index (χ0) is 8.69. The first-order valence-electron chi connectivity index (χ1n) is 3.93. The van der Waals surface area contributed by atoms with Crippen LogP contribution in [0.15, 0.2) is 12.7 Å². The van der Waals surface area contributed by atoms with E-state index in [9.17, 15) is 4.79 Å². The summed E-state index contributed by atoms with van der Waals surface area (Å²) in [5.41, 5.74) is 0. The molecule has 2 nitrogen and oxygen atoms in total. The second-order valence-electron chi connectivity index (χ2n) is 2.69. The molecule has 64 valence electrons. The van der Waals surface area contributed by atoms with E-state index in [0.29, 0.717) is 13.0 Å². The molecule has 2 heteroatoms. The number of hydrogen-bond donors (Lipinski definition) is 0. The van der Waals surface area contributed by atoms with Crippen LogP contribution in [0.1, 0.15) is 26.7 Å². The van der Waals surface area contributed by atoms with Gasteiger partial charge in [0.1, 0.15) is 0 Å². The molecule has 0 aliphatic carbocycles. The van der Waals surface area contributed by atoms with Gasteiger partial charge in [0, 0.05) is 13.0 Å². The first-order valence-corrected chi connectivity index (χ1v) is 3.93. The van der Waals surface area contributed by atoms with Crippen molar-refractivity contribution in [1.82, 2.24) is 0 Å². The summed E-state index contributed by atoms with van der Waals surface area (Å²) in [4.78, 5) is 10.7. The van der Waals surface area contributed by atoms with Crippen LogP contribution in [-0.2, 0) is 9.53 Å². The maximum atomic E-state index is 10.7. The van der Waals surface area contributed by atoms with Gasteiger partial charge in [0.05, 0.1) is 6.10 Å². The van der Waals surface area contributed by atoms with E-state index in [1.165, 1.54) is 6.08 Å². The highest BCUT2D eigenvalue weighted by atomic mass is 16.5. The van der Waals surface area contributed by atoms with Gasteiger partial charge in [0.15, 0.2) is 5.78 Å². The molecule has 0 bridgehead atoms. The van der Waals surface area contributed by atoms with Crippen LogP contribution in [0, 0.1) is 0 Å². The molecule has 0 saturated heterocycles. The monoisotopic (exact) mass is 156 g/mol. The van der Waals surface area contributed by atoms with Crippen LogP contribution in [0.4, 0.5) is 0 Å². The lowest BCUT2D eigenvalue weighted by Crippen LogP contribution is -2.05. The molecule has 0 rings (SSSR count). The smallest absolute Gasteiger partial charge is 0.155 e. The first-order chi connectivity index (χ1) is 5.16. The van der Waals surface area contributed by atoms with Crippen molar-refractivity contribution >= 4 is 5.78 Å². The molecule has 0 N–H and O–H groups in total. The Morgan fingerprint density at radius 1 is 1.64 bits per heavy atom. The summed E-state index contributed by atoms with van der Waals surface area (Å²) in [6, 6.07) is 0. The highest BCUT2D eigenvalue weighted by Crippen LogP contribution is 1.95. The van der Waals surface area contributed by atoms with Gasteiger partial charge in [-0.1, -0.05) is 6.58 Å². The van der Waals surface area contributed by atoms with E-state index in [-0.39, 0.29) is 11.9 Å². The predicted octanol–water partition coefficient (Wildman–Crippen LogP) is 1.95. The highest BCUT2D eigenvalue weighted by molar-refractivity contribution is 5.88. The number of ether oxygens (including phenoxy) is 1. The molecule has 0 aromatic heterocycles. The Kier molecular flexibility index (Phi) is 5.75. The molecule has 11 heavy (non-hydrogen) atoms. The third kappa shape index (κ3) is 7.26. The van der Waals surface area contributed by atoms with Crippen LogP contribution in [0.2, 0.25) is 0 Å². The van der Waals surface area contributed by atoms with Gasteiger partial charge in [-0.3, -0.25) is 4.79 Å². The zero-order valence-electron chi connectivity index (χ0n) is 7.30. The molecular formula is C9H16O2. The molecule has 0 aromatic carbocycles. The lowest BCUT2D eigenvalue weighted by molar-refractivity contribution is -0.115. The van der Waals surface area contributed by atoms with Crippen molar-refractivity contribution < 1.29 is 9.53 Å². The average Bonchev–Trinajstić information content (AvgIpc) is 1.97. The molecule has 0 saturated carbocycles. The van der Waals surface area contributed by atoms with Crippen LogP contribution < -0.4 is 0 Å². The van der Waals surface area contributed by atoms with E-state index >= 15 is 0 Å². The molecule has 0 aromatic rings. The maximum absolute atomic E-state index is 10.7. The number of carbonyl (C=O) groups excluding carboxylic acids is 1. The van der Waals surface area contributed by atoms with E-state index in [1.807, 2.05) is 13.8 Å². The van der Waals surface area contributed by atoms with Crippen molar-refractivity contribution in [3.63, 3.8) is 0 Å². The number of hydrogen-bond acceptors (Lipinski definition) is 2. The van der Waals surface area contributed by atoms with E-state index in [0.717, 1.165) is 6.42 Å². The number of allylic oxidation sites excluding steroid dienone is 1. The molecule has 0 radical (unpaired) electrons. The van der Waals surface area contributed by atoms with Gasteiger partial charge >= 0.3 is 0 Å². The Morgan fingerprint density at radius 3 is 2.73 bits per heavy atom. The molecule has 0 heterocycles. The SMILES string of the molecule is C=CC(=O)CCCOC(C)C. The summed E-state index contributed by atoms with van der Waals surface area (Å²) in [6.07, 6.45) is 2.96. The molecular weight excluding hydrogens is 140 g/mol. The van der Waals surface area contributed by atoms with Crippen LogP contribution in [0.5, 0.6) is 0 Å². The zero-order valence-corrected chi connectivity index (χ0v) is 7.30. The summed E-state index contributed by atoms with van der Waals surface area (Å²) in [7, 11) is 0. The van der Waals surface area contributed by atoms with E-state index in [2.05, 4.69) is 6.58 Å². The Bertz CT molecular complexity index is 128. The Labute approximate surface area is 68.2 Å². The van der Waals surface area contributed by atoms with Gasteiger partial charge in [-0.25, -0.2) is 0 Å². The second kappa shape index (κ2) is 6.10. The molecule has 0 amide bonds. The predicted molar refractivity (Wildman–Crippen MR) is 45.5 cm³/mol. The van der Waals surface area contributed by atoms with Crippen LogP contribution in [0.3, 0.4) is 0 Å². The standard InChI is InChI=1S/C9H16O2/c1-4-9(10)6-5-7-11-8(2)3/h4,8H,1,5-7H2,2-3H3. The van der Waals surface area contributed by atoms with Crippen molar-refractivity contribution in [2.24, 2.45) is 0 Å². The summed E-state index contributed by atoms with van der Waals surface area (Å²) < 4.78 is 5.25. The summed E-state index contributed by atoms with van der Waals surface area (Å²) in [5, 5.41) is 0. The second-order valence-corrected chi connectivity index (χ2v) is 2.69. The van der Waals surface area contributed by atoms with Crippen LogP contribution in [0.25, 0.3) is 0 Å². The topological polar surface area (TPSA) is 26.3 Å². The van der Waals surface area contributed by atoms with Crippen molar-refractivity contribution in [1.29, 1.82) is 0 Å². The minimum Gasteiger partial charge on any atom is -0.379 e. The summed E-state index contributed by atoms with van der Waals surface area (Å²) in [5.74, 6) is 0.0948. The molecule has 0 unspecified atom stereocenters. The van der Waals surface area contributed by atoms with E-state index in [4.69, 9.17) is 4.74 Å². The van der Waals surface area contributed by atoms with Crippen molar-refractivity contribution in [2.75, 3.05) is 6.61 Å². The normalized spacial score (nSPS) is 10.1. The lowest BCUT2D eigenvalue weighted by Gasteiger charge is -2.05. The molecule has 0 spiro atoms. The fourth-order valence-electron chi connectivity index (χ4n) is 0.667. The molecule has 0 fully saturated rings. The van der Waals surface area contributed by atoms with Gasteiger partial charge in [-0.15, -0.1) is 0 Å². The summed E-state index contributed by atoms with van der Waals surface area (Å²) >= 11 is 0.